The van der Waals surface area contributed by atoms with Crippen molar-refractivity contribution in [3.63, 3.8) is 0 Å². The van der Waals surface area contributed by atoms with Gasteiger partial charge in [-0.2, -0.15) is 0 Å². The molecule has 0 aliphatic heterocycles. The molecule has 0 radical (unpaired) electrons. The van der Waals surface area contributed by atoms with Crippen LogP contribution >= 0.6 is 22.9 Å². The van der Waals surface area contributed by atoms with Gasteiger partial charge < -0.3 is 5.11 Å². The molecule has 8 heteroatoms. The average Bonchev–Trinajstić information content (AvgIpc) is 2.61. The Bertz CT molecular complexity index is 483. The fourth-order valence-electron chi connectivity index (χ4n) is 1.11. The van der Waals surface area contributed by atoms with E-state index in [9.17, 15) is 13.2 Å². The van der Waals surface area contributed by atoms with Gasteiger partial charge in [0, 0.05) is 17.8 Å². The highest BCUT2D eigenvalue weighted by molar-refractivity contribution is 7.89. The van der Waals surface area contributed by atoms with Crippen molar-refractivity contribution in [2.24, 2.45) is 0 Å². The molecule has 0 aliphatic rings. The highest BCUT2D eigenvalue weighted by Crippen LogP contribution is 2.21. The molecule has 17 heavy (non-hydrogen) atoms. The van der Waals surface area contributed by atoms with E-state index in [0.717, 1.165) is 4.88 Å². The molecule has 0 amide bonds. The van der Waals surface area contributed by atoms with Gasteiger partial charge in [0.1, 0.15) is 0 Å². The Morgan fingerprint density at radius 1 is 1.47 bits per heavy atom. The van der Waals surface area contributed by atoms with Crippen molar-refractivity contribution in [1.82, 2.24) is 4.72 Å². The first-order valence-electron chi connectivity index (χ1n) is 4.82. The third kappa shape index (κ3) is 6.02. The van der Waals surface area contributed by atoms with E-state index in [0.29, 0.717) is 4.34 Å². The number of rotatable bonds is 7. The number of hydrogen-bond acceptors (Lipinski definition) is 4. The first-order chi connectivity index (χ1) is 7.89. The van der Waals surface area contributed by atoms with Crippen molar-refractivity contribution in [1.29, 1.82) is 0 Å². The van der Waals surface area contributed by atoms with Gasteiger partial charge in [0.15, 0.2) is 0 Å². The largest absolute Gasteiger partial charge is 0.481 e. The summed E-state index contributed by atoms with van der Waals surface area (Å²) in [6.45, 7) is 0.187. The molecule has 96 valence electrons. The van der Waals surface area contributed by atoms with Crippen molar-refractivity contribution < 1.29 is 18.3 Å². The van der Waals surface area contributed by atoms with Crippen molar-refractivity contribution in [3.8, 4) is 0 Å². The Morgan fingerprint density at radius 3 is 2.71 bits per heavy atom. The molecule has 1 heterocycles. The number of nitrogens with one attached hydrogen (secondary N) is 1. The normalized spacial score (nSPS) is 11.6. The average molecular weight is 298 g/mol. The van der Waals surface area contributed by atoms with Crippen LogP contribution in [-0.2, 0) is 21.4 Å². The van der Waals surface area contributed by atoms with Gasteiger partial charge in [-0.15, -0.1) is 11.3 Å². The maximum atomic E-state index is 11.5. The van der Waals surface area contributed by atoms with Crippen molar-refractivity contribution in [2.75, 3.05) is 5.75 Å². The molecule has 0 aliphatic carbocycles. The summed E-state index contributed by atoms with van der Waals surface area (Å²) in [5.41, 5.74) is 0. The van der Waals surface area contributed by atoms with E-state index < -0.39 is 16.0 Å². The molecule has 1 aromatic rings. The van der Waals surface area contributed by atoms with E-state index in [1.165, 1.54) is 11.3 Å². The molecular weight excluding hydrogens is 286 g/mol. The van der Waals surface area contributed by atoms with Gasteiger partial charge in [0.05, 0.1) is 10.1 Å². The SMILES string of the molecule is O=C(O)CCCS(=O)(=O)NCc1ccc(Cl)s1. The summed E-state index contributed by atoms with van der Waals surface area (Å²) >= 11 is 7.01. The van der Waals surface area contributed by atoms with Gasteiger partial charge in [-0.1, -0.05) is 11.6 Å². The topological polar surface area (TPSA) is 83.5 Å². The van der Waals surface area contributed by atoms with E-state index in [1.807, 2.05) is 0 Å². The predicted molar refractivity (Wildman–Crippen MR) is 66.8 cm³/mol. The number of carboxylic acids is 1. The van der Waals surface area contributed by atoms with E-state index in [2.05, 4.69) is 4.72 Å². The van der Waals surface area contributed by atoms with Crippen LogP contribution in [0.2, 0.25) is 4.34 Å². The molecule has 0 saturated heterocycles. The maximum absolute atomic E-state index is 11.5. The first kappa shape index (κ1) is 14.4. The monoisotopic (exact) mass is 297 g/mol. The molecule has 0 aromatic carbocycles. The van der Waals surface area contributed by atoms with Gasteiger partial charge in [0.25, 0.3) is 0 Å². The van der Waals surface area contributed by atoms with Crippen LogP contribution in [0.25, 0.3) is 0 Å². The second-order valence-electron chi connectivity index (χ2n) is 3.34. The number of sulfonamides is 1. The lowest BCUT2D eigenvalue weighted by Crippen LogP contribution is -2.25. The summed E-state index contributed by atoms with van der Waals surface area (Å²) in [4.78, 5) is 11.1. The third-order valence-electron chi connectivity index (χ3n) is 1.90. The van der Waals surface area contributed by atoms with Crippen LogP contribution in [0.3, 0.4) is 0 Å². The number of aliphatic carboxylic acids is 1. The first-order valence-corrected chi connectivity index (χ1v) is 7.67. The molecule has 0 unspecified atom stereocenters. The van der Waals surface area contributed by atoms with Crippen LogP contribution in [0.5, 0.6) is 0 Å². The number of thiophene rings is 1. The minimum Gasteiger partial charge on any atom is -0.481 e. The molecule has 0 spiro atoms. The van der Waals surface area contributed by atoms with Crippen molar-refractivity contribution in [3.05, 3.63) is 21.3 Å². The lowest BCUT2D eigenvalue weighted by Gasteiger charge is -2.04. The summed E-state index contributed by atoms with van der Waals surface area (Å²) < 4.78 is 25.9. The highest BCUT2D eigenvalue weighted by Gasteiger charge is 2.11. The van der Waals surface area contributed by atoms with E-state index >= 15 is 0 Å². The lowest BCUT2D eigenvalue weighted by molar-refractivity contribution is -0.137. The van der Waals surface area contributed by atoms with Crippen LogP contribution in [0.4, 0.5) is 0 Å². The molecule has 1 aromatic heterocycles. The molecule has 0 atom stereocenters. The van der Waals surface area contributed by atoms with E-state index in [4.69, 9.17) is 16.7 Å². The fourth-order valence-corrected chi connectivity index (χ4v) is 3.28. The summed E-state index contributed by atoms with van der Waals surface area (Å²) in [7, 11) is -3.42. The summed E-state index contributed by atoms with van der Waals surface area (Å²) in [6, 6.07) is 3.44. The number of carboxylic acid groups (broad SMARTS) is 1. The van der Waals surface area contributed by atoms with Gasteiger partial charge in [-0.25, -0.2) is 13.1 Å². The predicted octanol–water partition coefficient (Wildman–Crippen LogP) is 1.69. The summed E-state index contributed by atoms with van der Waals surface area (Å²) in [6.07, 6.45) is -0.0401. The molecule has 0 bridgehead atoms. The van der Waals surface area contributed by atoms with Crippen LogP contribution in [0.1, 0.15) is 17.7 Å². The zero-order valence-electron chi connectivity index (χ0n) is 8.85. The second-order valence-corrected chi connectivity index (χ2v) is 7.07. The van der Waals surface area contributed by atoms with Crippen LogP contribution in [-0.4, -0.2) is 25.2 Å². The third-order valence-corrected chi connectivity index (χ3v) is 4.54. The van der Waals surface area contributed by atoms with Gasteiger partial charge in [0.2, 0.25) is 10.0 Å². The van der Waals surface area contributed by atoms with Gasteiger partial charge in [-0.05, 0) is 18.6 Å². The summed E-state index contributed by atoms with van der Waals surface area (Å²) in [5.74, 6) is -1.18. The van der Waals surface area contributed by atoms with Crippen LogP contribution < -0.4 is 4.72 Å². The standard InChI is InChI=1S/C9H12ClNO4S2/c10-8-4-3-7(16-8)6-11-17(14,15)5-1-2-9(12)13/h3-4,11H,1-2,5-6H2,(H,12,13). The lowest BCUT2D eigenvalue weighted by atomic mass is 10.3. The quantitative estimate of drug-likeness (QED) is 0.802. The number of hydrogen-bond donors (Lipinski definition) is 2. The number of carbonyl (C=O) groups is 1. The highest BCUT2D eigenvalue weighted by atomic mass is 35.5. The Balaban J connectivity index is 2.36. The Kier molecular flexibility index (Phi) is 5.38. The second kappa shape index (κ2) is 6.34. The zero-order chi connectivity index (χ0) is 12.9. The molecule has 0 saturated carbocycles. The Hall–Kier alpha value is -0.630. The van der Waals surface area contributed by atoms with Crippen LogP contribution in [0, 0.1) is 0 Å². The smallest absolute Gasteiger partial charge is 0.303 e. The zero-order valence-corrected chi connectivity index (χ0v) is 11.2. The fraction of sp³-hybridized carbons (Fsp3) is 0.444. The van der Waals surface area contributed by atoms with Crippen molar-refractivity contribution >= 4 is 38.9 Å². The molecule has 0 fully saturated rings. The Labute approximate surface area is 108 Å². The summed E-state index contributed by atoms with van der Waals surface area (Å²) in [5, 5.41) is 8.39. The van der Waals surface area contributed by atoms with Gasteiger partial charge in [-0.3, -0.25) is 4.79 Å². The van der Waals surface area contributed by atoms with Gasteiger partial charge >= 0.3 is 5.97 Å². The molecular formula is C9H12ClNO4S2. The Morgan fingerprint density at radius 2 is 2.18 bits per heavy atom. The maximum Gasteiger partial charge on any atom is 0.303 e. The molecule has 2 N–H and O–H groups in total. The minimum atomic E-state index is -3.42. The van der Waals surface area contributed by atoms with E-state index in [1.54, 1.807) is 12.1 Å². The van der Waals surface area contributed by atoms with Crippen LogP contribution in [0.15, 0.2) is 12.1 Å². The number of halogens is 1. The minimum absolute atomic E-state index is 0.107. The van der Waals surface area contributed by atoms with E-state index in [-0.39, 0.29) is 25.1 Å². The van der Waals surface area contributed by atoms with Crippen molar-refractivity contribution in [2.45, 2.75) is 19.4 Å². The molecule has 1 rings (SSSR count). The molecule has 5 nitrogen and oxygen atoms in total.